The number of anilines is 1. The summed E-state index contributed by atoms with van der Waals surface area (Å²) in [6, 6.07) is 17.8. The van der Waals surface area contributed by atoms with E-state index in [0.717, 1.165) is 44.3 Å². The van der Waals surface area contributed by atoms with E-state index in [0.29, 0.717) is 31.6 Å². The van der Waals surface area contributed by atoms with E-state index in [1.807, 2.05) is 65.7 Å². The number of hydrogen-bond donors (Lipinski definition) is 3. The van der Waals surface area contributed by atoms with Gasteiger partial charge in [0.25, 0.3) is 5.91 Å². The van der Waals surface area contributed by atoms with Crippen molar-refractivity contribution in [2.24, 2.45) is 0 Å². The van der Waals surface area contributed by atoms with E-state index in [9.17, 15) is 9.59 Å². The van der Waals surface area contributed by atoms with Gasteiger partial charge in [-0.3, -0.25) is 14.7 Å². The summed E-state index contributed by atoms with van der Waals surface area (Å²) in [6.07, 6.45) is 4.79. The third-order valence-electron chi connectivity index (χ3n) is 7.52. The van der Waals surface area contributed by atoms with Crippen LogP contribution in [0.4, 0.5) is 5.69 Å². The monoisotopic (exact) mass is 462 g/mol. The fourth-order valence-corrected chi connectivity index (χ4v) is 5.63. The zero-order chi connectivity index (χ0) is 23.6. The molecule has 1 fully saturated rings. The predicted octanol–water partition coefficient (Wildman–Crippen LogP) is 4.23. The Balaban J connectivity index is 1.18. The molecule has 0 unspecified atom stereocenters. The van der Waals surface area contributed by atoms with Gasteiger partial charge in [-0.15, -0.1) is 0 Å². The molecule has 0 aliphatic carbocycles. The number of nitrogens with zero attached hydrogens (tertiary/aromatic N) is 3. The van der Waals surface area contributed by atoms with Crippen molar-refractivity contribution in [2.75, 3.05) is 18.4 Å². The summed E-state index contributed by atoms with van der Waals surface area (Å²) in [5.41, 5.74) is 5.53. The molecule has 3 aromatic heterocycles. The highest BCUT2D eigenvalue weighted by Crippen LogP contribution is 2.45. The summed E-state index contributed by atoms with van der Waals surface area (Å²) in [5.74, 6) is 0.00126. The summed E-state index contributed by atoms with van der Waals surface area (Å²) in [5, 5.41) is 11.8. The van der Waals surface area contributed by atoms with Crippen LogP contribution in [0.2, 0.25) is 0 Å². The van der Waals surface area contributed by atoms with E-state index in [2.05, 4.69) is 25.5 Å². The van der Waals surface area contributed by atoms with Crippen LogP contribution >= 0.6 is 0 Å². The highest BCUT2D eigenvalue weighted by molar-refractivity contribution is 6.07. The molecule has 7 rings (SSSR count). The first-order valence-corrected chi connectivity index (χ1v) is 11.7. The van der Waals surface area contributed by atoms with Gasteiger partial charge in [0.2, 0.25) is 5.91 Å². The van der Waals surface area contributed by atoms with E-state index in [1.165, 1.54) is 0 Å². The van der Waals surface area contributed by atoms with Gasteiger partial charge in [0.15, 0.2) is 5.65 Å². The number of pyridine rings is 1. The Morgan fingerprint density at radius 3 is 2.71 bits per heavy atom. The van der Waals surface area contributed by atoms with Crippen molar-refractivity contribution in [3.8, 4) is 11.1 Å². The maximum absolute atomic E-state index is 13.5. The Morgan fingerprint density at radius 2 is 1.83 bits per heavy atom. The van der Waals surface area contributed by atoms with Crippen LogP contribution in [0.1, 0.15) is 28.9 Å². The Kier molecular flexibility index (Phi) is 4.14. The Labute approximate surface area is 200 Å². The molecule has 0 atom stereocenters. The first-order valence-electron chi connectivity index (χ1n) is 11.7. The van der Waals surface area contributed by atoms with E-state index in [-0.39, 0.29) is 11.8 Å². The lowest BCUT2D eigenvalue weighted by molar-refractivity contribution is -0.122. The number of nitrogens with one attached hydrogen (secondary N) is 3. The van der Waals surface area contributed by atoms with E-state index in [1.54, 1.807) is 6.20 Å². The van der Waals surface area contributed by atoms with Crippen molar-refractivity contribution in [3.63, 3.8) is 0 Å². The fraction of sp³-hybridized carbons (Fsp3) is 0.185. The summed E-state index contributed by atoms with van der Waals surface area (Å²) < 4.78 is 0. The standard InChI is InChI=1S/C27H22N6O2/c34-25(33-10-8-27(9-11-33)20-6-1-2-7-21(20)31-26(27)35)22-13-16-4-3-5-19(23(16)30-22)17-12-18-15-29-32-24(18)28-14-17/h1-7,12-15,30H,8-11H2,(H,31,35)(H,28,29,32). The van der Waals surface area contributed by atoms with Crippen LogP contribution in [0.5, 0.6) is 0 Å². The van der Waals surface area contributed by atoms with Gasteiger partial charge in [0, 0.05) is 46.9 Å². The number of aromatic amines is 2. The van der Waals surface area contributed by atoms with Gasteiger partial charge in [0.05, 0.1) is 17.1 Å². The summed E-state index contributed by atoms with van der Waals surface area (Å²) in [7, 11) is 0. The minimum Gasteiger partial charge on any atom is -0.350 e. The Hall–Kier alpha value is -4.46. The number of benzene rings is 2. The van der Waals surface area contributed by atoms with Crippen LogP contribution in [0.25, 0.3) is 33.1 Å². The topological polar surface area (TPSA) is 107 Å². The minimum atomic E-state index is -0.542. The number of amides is 2. The van der Waals surface area contributed by atoms with Crippen LogP contribution in [0, 0.1) is 0 Å². The summed E-state index contributed by atoms with van der Waals surface area (Å²) in [6.45, 7) is 1.06. The third kappa shape index (κ3) is 2.92. The number of rotatable bonds is 2. The molecule has 3 N–H and O–H groups in total. The van der Waals surface area contributed by atoms with Gasteiger partial charge in [-0.05, 0) is 36.6 Å². The van der Waals surface area contributed by atoms with Crippen molar-refractivity contribution < 1.29 is 9.59 Å². The SMILES string of the molecule is O=C(c1cc2cccc(-c3cnc4[nH]ncc4c3)c2[nH]1)N1CCC2(CC1)C(=O)Nc1ccccc12. The molecular weight excluding hydrogens is 440 g/mol. The largest absolute Gasteiger partial charge is 0.350 e. The molecule has 5 heterocycles. The molecule has 2 aliphatic rings. The molecule has 2 aromatic carbocycles. The van der Waals surface area contributed by atoms with Gasteiger partial charge in [-0.2, -0.15) is 5.10 Å². The van der Waals surface area contributed by atoms with Crippen molar-refractivity contribution in [2.45, 2.75) is 18.3 Å². The van der Waals surface area contributed by atoms with Gasteiger partial charge < -0.3 is 15.2 Å². The third-order valence-corrected chi connectivity index (χ3v) is 7.52. The van der Waals surface area contributed by atoms with Crippen LogP contribution < -0.4 is 5.32 Å². The second-order valence-electron chi connectivity index (χ2n) is 9.36. The van der Waals surface area contributed by atoms with Gasteiger partial charge in [-0.1, -0.05) is 36.4 Å². The molecule has 5 aromatic rings. The molecule has 172 valence electrons. The van der Waals surface area contributed by atoms with Gasteiger partial charge >= 0.3 is 0 Å². The number of fused-ring (bicyclic) bond motifs is 4. The summed E-state index contributed by atoms with van der Waals surface area (Å²) in [4.78, 5) is 36.0. The number of para-hydroxylation sites is 2. The number of carbonyl (C=O) groups excluding carboxylic acids is 2. The molecule has 0 bridgehead atoms. The molecule has 1 saturated heterocycles. The van der Waals surface area contributed by atoms with E-state index < -0.39 is 5.41 Å². The highest BCUT2D eigenvalue weighted by Gasteiger charge is 2.48. The maximum Gasteiger partial charge on any atom is 0.270 e. The molecule has 1 spiro atoms. The van der Waals surface area contributed by atoms with Crippen LogP contribution in [-0.4, -0.2) is 50.0 Å². The highest BCUT2D eigenvalue weighted by atomic mass is 16.2. The average Bonchev–Trinajstić information content (AvgIpc) is 3.60. The fourth-order valence-electron chi connectivity index (χ4n) is 5.63. The number of aromatic nitrogens is 4. The lowest BCUT2D eigenvalue weighted by Crippen LogP contribution is -2.48. The molecule has 0 saturated carbocycles. The molecule has 8 nitrogen and oxygen atoms in total. The van der Waals surface area contributed by atoms with Crippen LogP contribution in [-0.2, 0) is 10.2 Å². The maximum atomic E-state index is 13.5. The molecule has 8 heteroatoms. The molecule has 2 amide bonds. The quantitative estimate of drug-likeness (QED) is 0.365. The smallest absolute Gasteiger partial charge is 0.270 e. The van der Waals surface area contributed by atoms with Crippen molar-refractivity contribution in [1.82, 2.24) is 25.1 Å². The first-order chi connectivity index (χ1) is 17.1. The van der Waals surface area contributed by atoms with Gasteiger partial charge in [-0.25, -0.2) is 4.98 Å². The van der Waals surface area contributed by atoms with E-state index >= 15 is 0 Å². The average molecular weight is 463 g/mol. The van der Waals surface area contributed by atoms with Crippen molar-refractivity contribution >= 4 is 39.4 Å². The minimum absolute atomic E-state index is 0.0444. The zero-order valence-corrected chi connectivity index (χ0v) is 18.8. The van der Waals surface area contributed by atoms with Crippen molar-refractivity contribution in [1.29, 1.82) is 0 Å². The Bertz CT molecular complexity index is 1640. The lowest BCUT2D eigenvalue weighted by Gasteiger charge is -2.37. The lowest BCUT2D eigenvalue weighted by atomic mass is 9.73. The molecule has 0 radical (unpaired) electrons. The van der Waals surface area contributed by atoms with E-state index in [4.69, 9.17) is 0 Å². The molecular formula is C27H22N6O2. The summed E-state index contributed by atoms with van der Waals surface area (Å²) >= 11 is 0. The second kappa shape index (κ2) is 7.27. The number of hydrogen-bond acceptors (Lipinski definition) is 4. The second-order valence-corrected chi connectivity index (χ2v) is 9.36. The normalized spacial score (nSPS) is 16.7. The Morgan fingerprint density at radius 1 is 0.971 bits per heavy atom. The van der Waals surface area contributed by atoms with Crippen molar-refractivity contribution in [3.05, 3.63) is 78.2 Å². The number of likely N-dealkylation sites (tertiary alicyclic amines) is 1. The molecule has 35 heavy (non-hydrogen) atoms. The van der Waals surface area contributed by atoms with Crippen LogP contribution in [0.15, 0.2) is 67.0 Å². The first kappa shape index (κ1) is 20.0. The number of H-pyrrole nitrogens is 2. The predicted molar refractivity (Wildman–Crippen MR) is 133 cm³/mol. The van der Waals surface area contributed by atoms with Gasteiger partial charge in [0.1, 0.15) is 5.69 Å². The number of piperidine rings is 1. The molecule has 2 aliphatic heterocycles. The van der Waals surface area contributed by atoms with Crippen LogP contribution in [0.3, 0.4) is 0 Å². The zero-order valence-electron chi connectivity index (χ0n) is 18.8. The number of carbonyl (C=O) groups is 2.